The van der Waals surface area contributed by atoms with E-state index < -0.39 is 17.6 Å². The number of piperidine rings is 1. The SMILES string of the molecule is O=C(c1ncccc1-c1ncccc1F)N1C[C@H]2C[C@@H](Nc3ccc(C(F)(F)F)cn3)[C@@H]1C2. The van der Waals surface area contributed by atoms with Gasteiger partial charge in [-0.05, 0) is 55.2 Å². The number of halogens is 4. The van der Waals surface area contributed by atoms with Gasteiger partial charge in [-0.15, -0.1) is 0 Å². The summed E-state index contributed by atoms with van der Waals surface area (Å²) in [6.07, 6.45) is 0.822. The van der Waals surface area contributed by atoms with Crippen molar-refractivity contribution < 1.29 is 22.4 Å². The molecule has 2 aliphatic rings. The molecule has 33 heavy (non-hydrogen) atoms. The minimum Gasteiger partial charge on any atom is -0.365 e. The lowest BCUT2D eigenvalue weighted by molar-refractivity contribution is -0.137. The minimum atomic E-state index is -4.45. The molecular formula is C23H19F4N5O. The lowest BCUT2D eigenvalue weighted by atomic mass is 10.0. The first kappa shape index (κ1) is 21.3. The maximum Gasteiger partial charge on any atom is 0.417 e. The van der Waals surface area contributed by atoms with Crippen LogP contribution >= 0.6 is 0 Å². The van der Waals surface area contributed by atoms with Crippen molar-refractivity contribution in [2.45, 2.75) is 31.1 Å². The van der Waals surface area contributed by atoms with Crippen LogP contribution in [0.2, 0.25) is 0 Å². The number of hydrogen-bond donors (Lipinski definition) is 1. The van der Waals surface area contributed by atoms with Crippen molar-refractivity contribution in [1.82, 2.24) is 19.9 Å². The minimum absolute atomic E-state index is 0.0573. The summed E-state index contributed by atoms with van der Waals surface area (Å²) in [6.45, 7) is 0.544. The molecular weight excluding hydrogens is 438 g/mol. The molecule has 3 aromatic heterocycles. The van der Waals surface area contributed by atoms with Gasteiger partial charge in [0.05, 0.1) is 11.6 Å². The molecule has 1 amide bonds. The number of carbonyl (C=O) groups is 1. The van der Waals surface area contributed by atoms with E-state index in [1.54, 1.807) is 17.0 Å². The Morgan fingerprint density at radius 1 is 1.03 bits per heavy atom. The van der Waals surface area contributed by atoms with Crippen molar-refractivity contribution >= 4 is 11.7 Å². The average molecular weight is 457 g/mol. The van der Waals surface area contributed by atoms with E-state index in [1.807, 2.05) is 0 Å². The molecule has 0 radical (unpaired) electrons. The first-order chi connectivity index (χ1) is 15.8. The zero-order chi connectivity index (χ0) is 23.2. The topological polar surface area (TPSA) is 71.0 Å². The smallest absolute Gasteiger partial charge is 0.365 e. The van der Waals surface area contributed by atoms with Crippen LogP contribution in [0.3, 0.4) is 0 Å². The van der Waals surface area contributed by atoms with Gasteiger partial charge in [-0.3, -0.25) is 14.8 Å². The molecule has 1 N–H and O–H groups in total. The highest BCUT2D eigenvalue weighted by Crippen LogP contribution is 2.40. The number of fused-ring (bicyclic) bond motifs is 2. The predicted octanol–water partition coefficient (Wildman–Crippen LogP) is 4.41. The normalized spacial score (nSPS) is 21.9. The summed E-state index contributed by atoms with van der Waals surface area (Å²) in [5, 5.41) is 3.18. The van der Waals surface area contributed by atoms with Crippen LogP contribution in [-0.4, -0.2) is 44.4 Å². The van der Waals surface area contributed by atoms with E-state index in [9.17, 15) is 22.4 Å². The van der Waals surface area contributed by atoms with Crippen molar-refractivity contribution in [3.63, 3.8) is 0 Å². The zero-order valence-electron chi connectivity index (χ0n) is 17.3. The number of amides is 1. The summed E-state index contributed by atoms with van der Waals surface area (Å²) in [6, 6.07) is 7.93. The van der Waals surface area contributed by atoms with Crippen LogP contribution < -0.4 is 5.32 Å². The van der Waals surface area contributed by atoms with Crippen LogP contribution in [0.1, 0.15) is 28.9 Å². The number of nitrogens with one attached hydrogen (secondary N) is 1. The number of alkyl halides is 3. The average Bonchev–Trinajstić information content (AvgIpc) is 3.39. The fraction of sp³-hybridized carbons (Fsp3) is 0.304. The van der Waals surface area contributed by atoms with Crippen LogP contribution in [0.4, 0.5) is 23.4 Å². The summed E-state index contributed by atoms with van der Waals surface area (Å²) in [4.78, 5) is 27.3. The van der Waals surface area contributed by atoms with E-state index >= 15 is 0 Å². The van der Waals surface area contributed by atoms with Gasteiger partial charge >= 0.3 is 6.18 Å². The van der Waals surface area contributed by atoms with E-state index in [4.69, 9.17) is 0 Å². The number of pyridine rings is 3. The zero-order valence-corrected chi connectivity index (χ0v) is 17.3. The van der Waals surface area contributed by atoms with Gasteiger partial charge in [0.2, 0.25) is 0 Å². The molecule has 5 rings (SSSR count). The third-order valence-electron chi connectivity index (χ3n) is 6.19. The summed E-state index contributed by atoms with van der Waals surface area (Å²) >= 11 is 0. The highest BCUT2D eigenvalue weighted by molar-refractivity contribution is 5.99. The Balaban J connectivity index is 1.37. The number of likely N-dealkylation sites (tertiary alicyclic amines) is 1. The largest absolute Gasteiger partial charge is 0.417 e. The van der Waals surface area contributed by atoms with Gasteiger partial charge in [0.25, 0.3) is 5.91 Å². The summed E-state index contributed by atoms with van der Waals surface area (Å²) in [5.74, 6) is -0.294. The monoisotopic (exact) mass is 457 g/mol. The summed E-state index contributed by atoms with van der Waals surface area (Å²) in [5.41, 5.74) is -0.324. The van der Waals surface area contributed by atoms with Crippen LogP contribution in [0, 0.1) is 11.7 Å². The Hall–Kier alpha value is -3.56. The van der Waals surface area contributed by atoms with Crippen LogP contribution in [-0.2, 0) is 6.18 Å². The maximum atomic E-state index is 14.3. The van der Waals surface area contributed by atoms with Crippen molar-refractivity contribution in [3.8, 4) is 11.3 Å². The lowest BCUT2D eigenvalue weighted by Gasteiger charge is -2.34. The number of rotatable bonds is 4. The standard InChI is InChI=1S/C23H19F4N5O/c24-16-4-2-8-28-20(16)15-3-1-7-29-21(15)22(33)32-12-13-9-17(18(32)10-13)31-19-6-5-14(11-30-19)23(25,26)27/h1-8,11,13,17-18H,9-10,12H2,(H,30,31)/t13-,17+,18-/m0/s1. The Morgan fingerprint density at radius 3 is 2.52 bits per heavy atom. The van der Waals surface area contributed by atoms with E-state index in [-0.39, 0.29) is 35.3 Å². The first-order valence-electron chi connectivity index (χ1n) is 10.5. The van der Waals surface area contributed by atoms with Gasteiger partial charge in [-0.2, -0.15) is 13.2 Å². The molecule has 2 bridgehead atoms. The number of hydrogen-bond acceptors (Lipinski definition) is 5. The Bertz CT molecular complexity index is 1180. The van der Waals surface area contributed by atoms with Crippen molar-refractivity contribution in [2.75, 3.05) is 11.9 Å². The molecule has 2 fully saturated rings. The van der Waals surface area contributed by atoms with Crippen LogP contribution in [0.25, 0.3) is 11.3 Å². The second kappa shape index (κ2) is 8.09. The Labute approximate surface area is 186 Å². The van der Waals surface area contributed by atoms with Crippen LogP contribution in [0.15, 0.2) is 55.0 Å². The first-order valence-corrected chi connectivity index (χ1v) is 10.5. The van der Waals surface area contributed by atoms with Crippen molar-refractivity contribution in [2.24, 2.45) is 5.92 Å². The van der Waals surface area contributed by atoms with Gasteiger partial charge in [-0.1, -0.05) is 0 Å². The summed E-state index contributed by atoms with van der Waals surface area (Å²) in [7, 11) is 0. The third-order valence-corrected chi connectivity index (χ3v) is 6.19. The number of anilines is 1. The molecule has 1 aliphatic carbocycles. The molecule has 0 aromatic carbocycles. The molecule has 1 saturated heterocycles. The van der Waals surface area contributed by atoms with Gasteiger partial charge in [0.15, 0.2) is 0 Å². The fourth-order valence-electron chi connectivity index (χ4n) is 4.74. The van der Waals surface area contributed by atoms with Gasteiger partial charge < -0.3 is 10.2 Å². The molecule has 4 heterocycles. The molecule has 10 heteroatoms. The molecule has 6 nitrogen and oxygen atoms in total. The molecule has 1 saturated carbocycles. The number of aromatic nitrogens is 3. The molecule has 3 aromatic rings. The van der Waals surface area contributed by atoms with E-state index in [2.05, 4.69) is 20.3 Å². The van der Waals surface area contributed by atoms with E-state index in [1.165, 1.54) is 30.6 Å². The second-order valence-corrected chi connectivity index (χ2v) is 8.28. The molecule has 0 spiro atoms. The van der Waals surface area contributed by atoms with Gasteiger partial charge in [0, 0.05) is 36.7 Å². The Kier molecular flexibility index (Phi) is 5.22. The van der Waals surface area contributed by atoms with Gasteiger partial charge in [-0.25, -0.2) is 9.37 Å². The molecule has 0 unspecified atom stereocenters. The number of carbonyl (C=O) groups excluding carboxylic acids is 1. The molecule has 170 valence electrons. The highest BCUT2D eigenvalue weighted by atomic mass is 19.4. The van der Waals surface area contributed by atoms with Crippen LogP contribution in [0.5, 0.6) is 0 Å². The Morgan fingerprint density at radius 2 is 1.82 bits per heavy atom. The third kappa shape index (κ3) is 4.01. The molecule has 3 atom stereocenters. The van der Waals surface area contributed by atoms with Crippen molar-refractivity contribution in [3.05, 3.63) is 72.1 Å². The van der Waals surface area contributed by atoms with Crippen molar-refractivity contribution in [1.29, 1.82) is 0 Å². The predicted molar refractivity (Wildman–Crippen MR) is 112 cm³/mol. The fourth-order valence-corrected chi connectivity index (χ4v) is 4.74. The quantitative estimate of drug-likeness (QED) is 0.588. The maximum absolute atomic E-state index is 14.3. The number of nitrogens with zero attached hydrogens (tertiary/aromatic N) is 4. The summed E-state index contributed by atoms with van der Waals surface area (Å²) < 4.78 is 52.7. The lowest BCUT2D eigenvalue weighted by Crippen LogP contribution is -2.48. The second-order valence-electron chi connectivity index (χ2n) is 8.28. The van der Waals surface area contributed by atoms with E-state index in [0.717, 1.165) is 25.1 Å². The molecule has 1 aliphatic heterocycles. The highest BCUT2D eigenvalue weighted by Gasteiger charge is 2.47. The van der Waals surface area contributed by atoms with Gasteiger partial charge in [0.1, 0.15) is 23.0 Å². The van der Waals surface area contributed by atoms with E-state index in [0.29, 0.717) is 17.9 Å².